The highest BCUT2D eigenvalue weighted by Gasteiger charge is 2.14. The molecule has 2 rings (SSSR count). The number of carboxylic acid groups (broad SMARTS) is 1. The van der Waals surface area contributed by atoms with Gasteiger partial charge in [-0.3, -0.25) is 4.79 Å². The molecule has 0 aliphatic rings. The number of carboxylic acids is 1. The van der Waals surface area contributed by atoms with Crippen LogP contribution >= 0.6 is 11.3 Å². The van der Waals surface area contributed by atoms with Crippen molar-refractivity contribution < 1.29 is 19.8 Å². The monoisotopic (exact) mass is 288 g/mol. The Hall–Kier alpha value is -2.40. The molecule has 102 valence electrons. The molecule has 0 spiro atoms. The van der Waals surface area contributed by atoms with Crippen LogP contribution in [0.25, 0.3) is 0 Å². The van der Waals surface area contributed by atoms with Crippen LogP contribution in [-0.4, -0.2) is 22.0 Å². The maximum Gasteiger partial charge on any atom is 0.371 e. The minimum absolute atomic E-state index is 0.446. The van der Waals surface area contributed by atoms with Crippen molar-refractivity contribution in [1.82, 2.24) is 0 Å². The quantitative estimate of drug-likeness (QED) is 0.504. The molecule has 0 bridgehead atoms. The molecule has 0 fully saturated rings. The predicted molar refractivity (Wildman–Crippen MR) is 76.2 cm³/mol. The van der Waals surface area contributed by atoms with E-state index >= 15 is 0 Å². The van der Waals surface area contributed by atoms with E-state index in [-0.39, 0.29) is 0 Å². The van der Waals surface area contributed by atoms with Crippen molar-refractivity contribution in [1.29, 1.82) is 0 Å². The van der Waals surface area contributed by atoms with Gasteiger partial charge in [0.2, 0.25) is 5.76 Å². The highest BCUT2D eigenvalue weighted by atomic mass is 32.1. The first kappa shape index (κ1) is 14.0. The number of carbonyl (C=O) groups is 2. The van der Waals surface area contributed by atoms with Crippen molar-refractivity contribution in [2.75, 3.05) is 0 Å². The normalized spacial score (nSPS) is 11.3. The Morgan fingerprint density at radius 1 is 1.10 bits per heavy atom. The Bertz CT molecular complexity index is 656. The van der Waals surface area contributed by atoms with Gasteiger partial charge in [-0.2, -0.15) is 0 Å². The van der Waals surface area contributed by atoms with Crippen molar-refractivity contribution in [3.63, 3.8) is 0 Å². The molecule has 0 unspecified atom stereocenters. The lowest BCUT2D eigenvalue weighted by Gasteiger charge is -2.02. The maximum atomic E-state index is 11.9. The lowest BCUT2D eigenvalue weighted by atomic mass is 10.0. The summed E-state index contributed by atoms with van der Waals surface area (Å²) in [6.45, 7) is 0. The molecule has 0 aliphatic carbocycles. The molecule has 0 atom stereocenters. The fourth-order valence-electron chi connectivity index (χ4n) is 1.76. The van der Waals surface area contributed by atoms with Crippen LogP contribution in [0.4, 0.5) is 0 Å². The number of aliphatic hydroxyl groups excluding tert-OH is 1. The molecule has 0 aliphatic heterocycles. The van der Waals surface area contributed by atoms with Gasteiger partial charge in [0, 0.05) is 6.08 Å². The zero-order valence-electron chi connectivity index (χ0n) is 10.4. The first-order valence-electron chi connectivity index (χ1n) is 5.86. The van der Waals surface area contributed by atoms with Gasteiger partial charge in [0.1, 0.15) is 0 Å². The second kappa shape index (κ2) is 6.16. The summed E-state index contributed by atoms with van der Waals surface area (Å²) < 4.78 is 0. The molecule has 1 aromatic heterocycles. The van der Waals surface area contributed by atoms with Crippen molar-refractivity contribution >= 4 is 23.1 Å². The molecule has 1 heterocycles. The molecule has 5 heteroatoms. The molecular weight excluding hydrogens is 276 g/mol. The van der Waals surface area contributed by atoms with Crippen molar-refractivity contribution in [3.8, 4) is 0 Å². The van der Waals surface area contributed by atoms with Crippen LogP contribution in [0.1, 0.15) is 20.8 Å². The smallest absolute Gasteiger partial charge is 0.371 e. The number of thiophene rings is 1. The molecule has 2 N–H and O–H groups in total. The number of aliphatic hydroxyl groups is 1. The lowest BCUT2D eigenvalue weighted by Crippen LogP contribution is -2.04. The minimum Gasteiger partial charge on any atom is -0.502 e. The van der Waals surface area contributed by atoms with Gasteiger partial charge in [0.15, 0.2) is 5.78 Å². The summed E-state index contributed by atoms with van der Waals surface area (Å²) in [7, 11) is 0. The molecule has 0 saturated heterocycles. The number of allylic oxidation sites excluding steroid dienone is 1. The van der Waals surface area contributed by atoms with Crippen molar-refractivity contribution in [2.45, 2.75) is 6.42 Å². The third kappa shape index (κ3) is 3.33. The molecule has 0 saturated carbocycles. The van der Waals surface area contributed by atoms with Gasteiger partial charge >= 0.3 is 5.97 Å². The van der Waals surface area contributed by atoms with E-state index in [9.17, 15) is 9.59 Å². The number of rotatable bonds is 5. The van der Waals surface area contributed by atoms with Gasteiger partial charge in [-0.15, -0.1) is 11.3 Å². The highest BCUT2D eigenvalue weighted by molar-refractivity contribution is 7.12. The molecule has 4 nitrogen and oxygen atoms in total. The van der Waals surface area contributed by atoms with Crippen LogP contribution in [0, 0.1) is 0 Å². The van der Waals surface area contributed by atoms with E-state index < -0.39 is 17.5 Å². The van der Waals surface area contributed by atoms with Crippen LogP contribution in [-0.2, 0) is 11.2 Å². The van der Waals surface area contributed by atoms with E-state index in [4.69, 9.17) is 10.2 Å². The number of hydrogen-bond donors (Lipinski definition) is 2. The average Bonchev–Trinajstić information content (AvgIpc) is 2.88. The fourth-order valence-corrected chi connectivity index (χ4v) is 2.59. The molecule has 0 amide bonds. The standard InChI is InChI=1S/C15H12O4S/c16-12(9-13(17)15(18)19)14-11(6-7-20-14)8-10-4-2-1-3-5-10/h1-7,9,17H,8H2,(H,18,19). The third-order valence-electron chi connectivity index (χ3n) is 2.69. The van der Waals surface area contributed by atoms with E-state index in [1.807, 2.05) is 36.4 Å². The predicted octanol–water partition coefficient (Wildman–Crippen LogP) is 3.05. The van der Waals surface area contributed by atoms with Gasteiger partial charge in [-0.25, -0.2) is 4.79 Å². The van der Waals surface area contributed by atoms with Crippen LogP contribution < -0.4 is 0 Å². The molecule has 1 aromatic carbocycles. The molecule has 20 heavy (non-hydrogen) atoms. The highest BCUT2D eigenvalue weighted by Crippen LogP contribution is 2.21. The van der Waals surface area contributed by atoms with Crippen molar-refractivity contribution in [3.05, 3.63) is 69.6 Å². The largest absolute Gasteiger partial charge is 0.502 e. The maximum absolute atomic E-state index is 11.9. The van der Waals surface area contributed by atoms with Gasteiger partial charge in [0.05, 0.1) is 4.88 Å². The van der Waals surface area contributed by atoms with Gasteiger partial charge in [0.25, 0.3) is 0 Å². The number of ketones is 1. The summed E-state index contributed by atoms with van der Waals surface area (Å²) in [6, 6.07) is 11.5. The summed E-state index contributed by atoms with van der Waals surface area (Å²) >= 11 is 1.23. The zero-order chi connectivity index (χ0) is 14.5. The van der Waals surface area contributed by atoms with Gasteiger partial charge < -0.3 is 10.2 Å². The summed E-state index contributed by atoms with van der Waals surface area (Å²) in [4.78, 5) is 22.9. The number of aliphatic carboxylic acids is 1. The van der Waals surface area contributed by atoms with Gasteiger partial charge in [-0.05, 0) is 29.0 Å². The van der Waals surface area contributed by atoms with Crippen LogP contribution in [0.3, 0.4) is 0 Å². The Morgan fingerprint density at radius 3 is 2.45 bits per heavy atom. The Balaban J connectivity index is 2.23. The third-order valence-corrected chi connectivity index (χ3v) is 3.67. The SMILES string of the molecule is O=C(O)C(O)=CC(=O)c1sccc1Cc1ccccc1. The number of carbonyl (C=O) groups excluding carboxylic acids is 1. The first-order valence-corrected chi connectivity index (χ1v) is 6.74. The second-order valence-corrected chi connectivity index (χ2v) is 5.05. The van der Waals surface area contributed by atoms with Crippen LogP contribution in [0.5, 0.6) is 0 Å². The molecular formula is C15H12O4S. The number of benzene rings is 1. The summed E-state index contributed by atoms with van der Waals surface area (Å²) in [5.74, 6) is -2.96. The summed E-state index contributed by atoms with van der Waals surface area (Å²) in [5, 5.41) is 19.5. The topological polar surface area (TPSA) is 74.6 Å². The van der Waals surface area contributed by atoms with E-state index in [0.29, 0.717) is 11.3 Å². The van der Waals surface area contributed by atoms with Crippen molar-refractivity contribution in [2.24, 2.45) is 0 Å². The van der Waals surface area contributed by atoms with E-state index in [2.05, 4.69) is 0 Å². The lowest BCUT2D eigenvalue weighted by molar-refractivity contribution is -0.135. The Morgan fingerprint density at radius 2 is 1.80 bits per heavy atom. The van der Waals surface area contributed by atoms with E-state index in [0.717, 1.165) is 17.2 Å². The molecule has 0 radical (unpaired) electrons. The summed E-state index contributed by atoms with van der Waals surface area (Å²) in [6.07, 6.45) is 1.33. The zero-order valence-corrected chi connectivity index (χ0v) is 11.3. The Labute approximate surface area is 119 Å². The Kier molecular flexibility index (Phi) is 4.32. The molecule has 2 aromatic rings. The van der Waals surface area contributed by atoms with Crippen LogP contribution in [0.15, 0.2) is 53.6 Å². The first-order chi connectivity index (χ1) is 9.58. The fraction of sp³-hybridized carbons (Fsp3) is 0.0667. The van der Waals surface area contributed by atoms with Gasteiger partial charge in [-0.1, -0.05) is 30.3 Å². The van der Waals surface area contributed by atoms with E-state index in [1.54, 1.807) is 5.38 Å². The second-order valence-electron chi connectivity index (χ2n) is 4.14. The average molecular weight is 288 g/mol. The van der Waals surface area contributed by atoms with E-state index in [1.165, 1.54) is 11.3 Å². The summed E-state index contributed by atoms with van der Waals surface area (Å²) in [5.41, 5.74) is 1.88. The minimum atomic E-state index is -1.51. The number of hydrogen-bond acceptors (Lipinski definition) is 4. The van der Waals surface area contributed by atoms with Crippen LogP contribution in [0.2, 0.25) is 0 Å².